The van der Waals surface area contributed by atoms with Gasteiger partial charge in [0.1, 0.15) is 0 Å². The quantitative estimate of drug-likeness (QED) is 0.780. The molecule has 0 aromatic heterocycles. The average Bonchev–Trinajstić information content (AvgIpc) is 2.37. The van der Waals surface area contributed by atoms with E-state index in [1.807, 2.05) is 13.8 Å². The first-order valence-corrected chi connectivity index (χ1v) is 9.08. The molecule has 0 bridgehead atoms. The van der Waals surface area contributed by atoms with Gasteiger partial charge in [0.25, 0.3) is 0 Å². The van der Waals surface area contributed by atoms with Gasteiger partial charge in [-0.3, -0.25) is 0 Å². The third-order valence-corrected chi connectivity index (χ3v) is 5.79. The standard InChI is InChI=1S/C13H25F3N2O2S/c1-3-17-11(2)12-7-4-5-9-18(12)21(19,20)10-6-8-13(14,15)16/h11-12,17H,3-10H2,1-2H3. The van der Waals surface area contributed by atoms with Gasteiger partial charge in [0.05, 0.1) is 5.75 Å². The number of nitrogens with one attached hydrogen (secondary N) is 1. The highest BCUT2D eigenvalue weighted by molar-refractivity contribution is 7.89. The summed E-state index contributed by atoms with van der Waals surface area (Å²) in [6, 6.07) is -0.151. The Kier molecular flexibility index (Phi) is 6.93. The van der Waals surface area contributed by atoms with E-state index in [1.165, 1.54) is 4.31 Å². The summed E-state index contributed by atoms with van der Waals surface area (Å²) >= 11 is 0. The maximum absolute atomic E-state index is 12.3. The fourth-order valence-electron chi connectivity index (χ4n) is 2.81. The highest BCUT2D eigenvalue weighted by atomic mass is 32.2. The minimum Gasteiger partial charge on any atom is -0.313 e. The number of nitrogens with zero attached hydrogens (tertiary/aromatic N) is 1. The van der Waals surface area contributed by atoms with Crippen molar-refractivity contribution in [3.8, 4) is 0 Å². The first kappa shape index (κ1) is 18.7. The van der Waals surface area contributed by atoms with E-state index in [9.17, 15) is 21.6 Å². The molecule has 0 saturated carbocycles. The molecule has 4 nitrogen and oxygen atoms in total. The first-order chi connectivity index (χ1) is 9.67. The number of hydrogen-bond donors (Lipinski definition) is 1. The zero-order valence-electron chi connectivity index (χ0n) is 12.6. The lowest BCUT2D eigenvalue weighted by molar-refractivity contribution is -0.134. The lowest BCUT2D eigenvalue weighted by Crippen LogP contribution is -2.53. The molecule has 0 radical (unpaired) electrons. The van der Waals surface area contributed by atoms with Gasteiger partial charge >= 0.3 is 6.18 Å². The van der Waals surface area contributed by atoms with Crippen LogP contribution in [0.3, 0.4) is 0 Å². The molecule has 1 saturated heterocycles. The van der Waals surface area contributed by atoms with Crippen molar-refractivity contribution in [2.24, 2.45) is 0 Å². The van der Waals surface area contributed by atoms with Crippen LogP contribution in [0.15, 0.2) is 0 Å². The Balaban J connectivity index is 2.68. The van der Waals surface area contributed by atoms with Crippen LogP contribution in [0.5, 0.6) is 0 Å². The van der Waals surface area contributed by atoms with Crippen LogP contribution in [0.2, 0.25) is 0 Å². The van der Waals surface area contributed by atoms with E-state index in [-0.39, 0.29) is 18.5 Å². The summed E-state index contributed by atoms with van der Waals surface area (Å²) in [5, 5.41) is 3.21. The Bertz CT molecular complexity index is 412. The molecule has 0 aromatic rings. The van der Waals surface area contributed by atoms with E-state index in [2.05, 4.69) is 5.32 Å². The zero-order chi connectivity index (χ0) is 16.1. The fraction of sp³-hybridized carbons (Fsp3) is 1.00. The number of piperidine rings is 1. The zero-order valence-corrected chi connectivity index (χ0v) is 13.4. The summed E-state index contributed by atoms with van der Waals surface area (Å²) in [5.74, 6) is -0.429. The number of rotatable bonds is 7. The fourth-order valence-corrected chi connectivity index (χ4v) is 4.66. The average molecular weight is 330 g/mol. The second-order valence-corrected chi connectivity index (χ2v) is 7.60. The number of hydrogen-bond acceptors (Lipinski definition) is 3. The second-order valence-electron chi connectivity index (χ2n) is 5.55. The molecular weight excluding hydrogens is 305 g/mol. The van der Waals surface area contributed by atoms with E-state index in [4.69, 9.17) is 0 Å². The number of likely N-dealkylation sites (N-methyl/N-ethyl adjacent to an activating group) is 1. The van der Waals surface area contributed by atoms with Crippen LogP contribution in [-0.4, -0.2) is 49.8 Å². The van der Waals surface area contributed by atoms with Crippen LogP contribution in [0.25, 0.3) is 0 Å². The van der Waals surface area contributed by atoms with Crippen LogP contribution in [-0.2, 0) is 10.0 Å². The van der Waals surface area contributed by atoms with Crippen molar-refractivity contribution in [1.29, 1.82) is 0 Å². The van der Waals surface area contributed by atoms with Crippen molar-refractivity contribution in [2.75, 3.05) is 18.8 Å². The summed E-state index contributed by atoms with van der Waals surface area (Å²) < 4.78 is 62.5. The lowest BCUT2D eigenvalue weighted by atomic mass is 9.99. The van der Waals surface area contributed by atoms with E-state index < -0.39 is 28.4 Å². The van der Waals surface area contributed by atoms with Crippen molar-refractivity contribution in [1.82, 2.24) is 9.62 Å². The Morgan fingerprint density at radius 3 is 2.57 bits per heavy atom. The summed E-state index contributed by atoms with van der Waals surface area (Å²) in [6.45, 7) is 5.02. The van der Waals surface area contributed by atoms with Crippen LogP contribution in [0, 0.1) is 0 Å². The third-order valence-electron chi connectivity index (χ3n) is 3.82. The van der Waals surface area contributed by atoms with E-state index in [1.54, 1.807) is 0 Å². The van der Waals surface area contributed by atoms with Gasteiger partial charge in [0.15, 0.2) is 0 Å². The predicted molar refractivity (Wildman–Crippen MR) is 76.6 cm³/mol. The molecule has 0 amide bonds. The van der Waals surface area contributed by atoms with Gasteiger partial charge in [0.2, 0.25) is 10.0 Å². The Morgan fingerprint density at radius 2 is 2.00 bits per heavy atom. The predicted octanol–water partition coefficient (Wildman–Crippen LogP) is 2.51. The Labute approximate surface area is 125 Å². The van der Waals surface area contributed by atoms with Crippen molar-refractivity contribution < 1.29 is 21.6 Å². The molecule has 1 aliphatic heterocycles. The minimum absolute atomic E-state index is 0.00712. The maximum atomic E-state index is 12.3. The largest absolute Gasteiger partial charge is 0.389 e. The van der Waals surface area contributed by atoms with E-state index in [0.29, 0.717) is 6.54 Å². The van der Waals surface area contributed by atoms with Gasteiger partial charge in [-0.2, -0.15) is 17.5 Å². The normalized spacial score (nSPS) is 23.2. The van der Waals surface area contributed by atoms with Crippen LogP contribution < -0.4 is 5.32 Å². The van der Waals surface area contributed by atoms with Crippen molar-refractivity contribution >= 4 is 10.0 Å². The van der Waals surface area contributed by atoms with E-state index in [0.717, 1.165) is 25.8 Å². The van der Waals surface area contributed by atoms with Gasteiger partial charge in [-0.15, -0.1) is 0 Å². The highest BCUT2D eigenvalue weighted by Crippen LogP contribution is 2.26. The number of alkyl halides is 3. The van der Waals surface area contributed by atoms with Crippen molar-refractivity contribution in [3.05, 3.63) is 0 Å². The second kappa shape index (κ2) is 7.78. The summed E-state index contributed by atoms with van der Waals surface area (Å²) in [5.41, 5.74) is 0. The molecule has 1 N–H and O–H groups in total. The molecule has 1 aliphatic rings. The van der Waals surface area contributed by atoms with Gasteiger partial charge in [0, 0.05) is 25.0 Å². The number of halogens is 3. The SMILES string of the molecule is CCNC(C)C1CCCCN1S(=O)(=O)CCCC(F)(F)F. The Hall–Kier alpha value is -0.340. The summed E-state index contributed by atoms with van der Waals surface area (Å²) in [6.07, 6.45) is -3.23. The first-order valence-electron chi connectivity index (χ1n) is 7.47. The molecule has 2 unspecified atom stereocenters. The summed E-state index contributed by atoms with van der Waals surface area (Å²) in [4.78, 5) is 0. The summed E-state index contributed by atoms with van der Waals surface area (Å²) in [7, 11) is -3.62. The van der Waals surface area contributed by atoms with Crippen LogP contribution >= 0.6 is 0 Å². The van der Waals surface area contributed by atoms with Gasteiger partial charge in [-0.05, 0) is 32.7 Å². The van der Waals surface area contributed by atoms with Crippen molar-refractivity contribution in [3.63, 3.8) is 0 Å². The molecule has 126 valence electrons. The monoisotopic (exact) mass is 330 g/mol. The van der Waals surface area contributed by atoms with Gasteiger partial charge in [-0.25, -0.2) is 8.42 Å². The van der Waals surface area contributed by atoms with Crippen molar-refractivity contribution in [2.45, 2.75) is 64.2 Å². The molecule has 1 fully saturated rings. The molecule has 2 atom stereocenters. The topological polar surface area (TPSA) is 49.4 Å². The molecule has 0 aromatic carbocycles. The van der Waals surface area contributed by atoms with Crippen LogP contribution in [0.4, 0.5) is 13.2 Å². The lowest BCUT2D eigenvalue weighted by Gasteiger charge is -2.38. The molecule has 21 heavy (non-hydrogen) atoms. The maximum Gasteiger partial charge on any atom is 0.389 e. The van der Waals surface area contributed by atoms with E-state index >= 15 is 0 Å². The third kappa shape index (κ3) is 6.12. The van der Waals surface area contributed by atoms with Gasteiger partial charge in [-0.1, -0.05) is 13.3 Å². The molecule has 0 spiro atoms. The Morgan fingerprint density at radius 1 is 1.33 bits per heavy atom. The molecule has 1 heterocycles. The number of sulfonamides is 1. The molecule has 8 heteroatoms. The smallest absolute Gasteiger partial charge is 0.313 e. The van der Waals surface area contributed by atoms with Crippen LogP contribution in [0.1, 0.15) is 46.0 Å². The minimum atomic E-state index is -4.30. The van der Waals surface area contributed by atoms with Gasteiger partial charge < -0.3 is 5.32 Å². The molecule has 0 aliphatic carbocycles. The molecule has 1 rings (SSSR count). The highest BCUT2D eigenvalue weighted by Gasteiger charge is 2.36. The molecular formula is C13H25F3N2O2S.